The lowest BCUT2D eigenvalue weighted by molar-refractivity contribution is -0.177. The predicted molar refractivity (Wildman–Crippen MR) is 72.7 cm³/mol. The van der Waals surface area contributed by atoms with Crippen LogP contribution >= 0.6 is 0 Å². The first kappa shape index (κ1) is 14.6. The monoisotopic (exact) mass is 310 g/mol. The number of anilines is 1. The molecule has 0 spiro atoms. The summed E-state index contributed by atoms with van der Waals surface area (Å²) in [4.78, 5) is 13.1. The molecule has 22 heavy (non-hydrogen) atoms. The number of nitrogens with one attached hydrogen (secondary N) is 1. The zero-order valence-electron chi connectivity index (χ0n) is 11.7. The van der Waals surface area contributed by atoms with Gasteiger partial charge in [0.15, 0.2) is 5.92 Å². The molecule has 0 fully saturated rings. The summed E-state index contributed by atoms with van der Waals surface area (Å²) in [5, 5.41) is 9.47. The Balaban J connectivity index is 1.94. The van der Waals surface area contributed by atoms with E-state index >= 15 is 0 Å². The van der Waals surface area contributed by atoms with Crippen LogP contribution in [-0.2, 0) is 17.9 Å². The van der Waals surface area contributed by atoms with Crippen molar-refractivity contribution < 1.29 is 18.0 Å². The third-order valence-corrected chi connectivity index (χ3v) is 3.83. The number of carbonyl (C=O) groups excluding carboxylic acids is 1. The van der Waals surface area contributed by atoms with E-state index < -0.39 is 18.0 Å². The Hall–Kier alpha value is -2.38. The van der Waals surface area contributed by atoms with Crippen LogP contribution in [0.25, 0.3) is 0 Å². The Bertz CT molecular complexity index is 681. The second kappa shape index (κ2) is 5.11. The molecule has 0 radical (unpaired) electrons. The Morgan fingerprint density at radius 3 is 2.77 bits per heavy atom. The summed E-state index contributed by atoms with van der Waals surface area (Å²) in [6.45, 7) is 0.611. The van der Waals surface area contributed by atoms with Gasteiger partial charge in [0.25, 0.3) is 5.91 Å². The largest absolute Gasteiger partial charge is 0.406 e. The van der Waals surface area contributed by atoms with Crippen LogP contribution in [0, 0.1) is 5.92 Å². The Morgan fingerprint density at radius 2 is 2.09 bits per heavy atom. The maximum atomic E-state index is 13.2. The lowest BCUT2D eigenvalue weighted by atomic mass is 10.0. The third kappa shape index (κ3) is 2.34. The molecule has 3 rings (SSSR count). The highest BCUT2D eigenvalue weighted by atomic mass is 19.4. The molecule has 116 valence electrons. The number of carbonyl (C=O) groups is 1. The zero-order chi connectivity index (χ0) is 15.9. The van der Waals surface area contributed by atoms with Gasteiger partial charge >= 0.3 is 6.18 Å². The Morgan fingerprint density at radius 1 is 1.32 bits per heavy atom. The molecule has 2 aliphatic heterocycles. The van der Waals surface area contributed by atoms with Crippen LogP contribution in [0.3, 0.4) is 0 Å². The van der Waals surface area contributed by atoms with Gasteiger partial charge in [0.1, 0.15) is 0 Å². The standard InChI is InChI=1S/C14H13F3N4O/c1-18-10-4-2-3-8-6-21(7-9(8)10)11-5-19-20-13(22)12(11)14(15,16)17/h2-5,12,18H,6-7H2,1H3. The van der Waals surface area contributed by atoms with E-state index in [4.69, 9.17) is 0 Å². The minimum absolute atomic E-state index is 0.147. The number of rotatable bonds is 2. The van der Waals surface area contributed by atoms with Crippen molar-refractivity contribution in [1.82, 2.24) is 4.90 Å². The van der Waals surface area contributed by atoms with E-state index in [1.54, 1.807) is 7.05 Å². The van der Waals surface area contributed by atoms with Gasteiger partial charge in [0.2, 0.25) is 0 Å². The number of hydrogen-bond donors (Lipinski definition) is 1. The number of nitrogens with zero attached hydrogens (tertiary/aromatic N) is 3. The molecule has 2 heterocycles. The summed E-state index contributed by atoms with van der Waals surface area (Å²) in [6, 6.07) is 5.57. The van der Waals surface area contributed by atoms with Crippen LogP contribution < -0.4 is 5.32 Å². The quantitative estimate of drug-likeness (QED) is 0.913. The van der Waals surface area contributed by atoms with Crippen molar-refractivity contribution in [1.29, 1.82) is 0 Å². The molecule has 1 amide bonds. The molecule has 0 saturated heterocycles. The van der Waals surface area contributed by atoms with Crippen molar-refractivity contribution in [3.63, 3.8) is 0 Å². The Kier molecular flexibility index (Phi) is 3.38. The molecule has 1 N–H and O–H groups in total. The van der Waals surface area contributed by atoms with E-state index in [0.717, 1.165) is 23.0 Å². The molecular formula is C14H13F3N4O. The van der Waals surface area contributed by atoms with E-state index in [1.165, 1.54) is 4.90 Å². The smallest absolute Gasteiger partial charge is 0.388 e. The highest BCUT2D eigenvalue weighted by Crippen LogP contribution is 2.40. The van der Waals surface area contributed by atoms with Gasteiger partial charge in [-0.15, -0.1) is 5.11 Å². The van der Waals surface area contributed by atoms with Gasteiger partial charge in [0.05, 0.1) is 11.9 Å². The lowest BCUT2D eigenvalue weighted by Gasteiger charge is -2.29. The van der Waals surface area contributed by atoms with Gasteiger partial charge in [-0.25, -0.2) is 0 Å². The molecule has 1 aromatic carbocycles. The molecular weight excluding hydrogens is 297 g/mol. The van der Waals surface area contributed by atoms with Crippen LogP contribution in [-0.4, -0.2) is 24.0 Å². The molecule has 1 aromatic rings. The van der Waals surface area contributed by atoms with Crippen molar-refractivity contribution in [2.45, 2.75) is 19.3 Å². The van der Waals surface area contributed by atoms with E-state index in [9.17, 15) is 18.0 Å². The van der Waals surface area contributed by atoms with Crippen molar-refractivity contribution in [2.24, 2.45) is 16.1 Å². The highest BCUT2D eigenvalue weighted by molar-refractivity contribution is 5.83. The van der Waals surface area contributed by atoms with Crippen LogP contribution in [0.15, 0.2) is 40.3 Å². The number of azo groups is 1. The first-order chi connectivity index (χ1) is 10.4. The van der Waals surface area contributed by atoms with Gasteiger partial charge in [-0.3, -0.25) is 4.79 Å². The fourth-order valence-corrected chi connectivity index (χ4v) is 2.81. The minimum Gasteiger partial charge on any atom is -0.388 e. The highest BCUT2D eigenvalue weighted by Gasteiger charge is 2.50. The maximum absolute atomic E-state index is 13.2. The summed E-state index contributed by atoms with van der Waals surface area (Å²) in [5.41, 5.74) is 2.59. The molecule has 0 saturated carbocycles. The van der Waals surface area contributed by atoms with Crippen LogP contribution in [0.4, 0.5) is 18.9 Å². The molecule has 1 atom stereocenters. The van der Waals surface area contributed by atoms with Gasteiger partial charge < -0.3 is 10.2 Å². The van der Waals surface area contributed by atoms with Crippen molar-refractivity contribution >= 4 is 11.6 Å². The zero-order valence-corrected chi connectivity index (χ0v) is 11.7. The van der Waals surface area contributed by atoms with Gasteiger partial charge in [0, 0.05) is 25.8 Å². The molecule has 5 nitrogen and oxygen atoms in total. The second-order valence-electron chi connectivity index (χ2n) is 5.13. The van der Waals surface area contributed by atoms with Crippen molar-refractivity contribution in [2.75, 3.05) is 12.4 Å². The number of amides is 1. The number of fused-ring (bicyclic) bond motifs is 1. The average Bonchev–Trinajstić information content (AvgIpc) is 2.89. The summed E-state index contributed by atoms with van der Waals surface area (Å²) >= 11 is 0. The molecule has 0 aromatic heterocycles. The van der Waals surface area contributed by atoms with Crippen molar-refractivity contribution in [3.8, 4) is 0 Å². The molecule has 2 aliphatic rings. The first-order valence-electron chi connectivity index (χ1n) is 6.66. The first-order valence-corrected chi connectivity index (χ1v) is 6.66. The predicted octanol–water partition coefficient (Wildman–Crippen LogP) is 3.06. The summed E-state index contributed by atoms with van der Waals surface area (Å²) in [7, 11) is 1.76. The third-order valence-electron chi connectivity index (χ3n) is 3.83. The maximum Gasteiger partial charge on any atom is 0.406 e. The van der Waals surface area contributed by atoms with Gasteiger partial charge in [-0.1, -0.05) is 12.1 Å². The topological polar surface area (TPSA) is 57.1 Å². The molecule has 0 bridgehead atoms. The van der Waals surface area contributed by atoms with E-state index in [-0.39, 0.29) is 5.70 Å². The number of benzene rings is 1. The van der Waals surface area contributed by atoms with Crippen LogP contribution in [0.5, 0.6) is 0 Å². The van der Waals surface area contributed by atoms with E-state index in [2.05, 4.69) is 15.5 Å². The van der Waals surface area contributed by atoms with Crippen molar-refractivity contribution in [3.05, 3.63) is 41.2 Å². The molecule has 1 unspecified atom stereocenters. The number of alkyl halides is 3. The number of halogens is 3. The normalized spacial score (nSPS) is 20.9. The summed E-state index contributed by atoms with van der Waals surface area (Å²) in [6.07, 6.45) is -3.65. The fraction of sp³-hybridized carbons (Fsp3) is 0.357. The summed E-state index contributed by atoms with van der Waals surface area (Å²) in [5.74, 6) is -3.51. The SMILES string of the molecule is CNc1cccc2c1CN(C1=CN=NC(=O)C1C(F)(F)F)C2. The fourth-order valence-electron chi connectivity index (χ4n) is 2.81. The second-order valence-corrected chi connectivity index (χ2v) is 5.13. The minimum atomic E-state index is -4.68. The Labute approximate surface area is 124 Å². The van der Waals surface area contributed by atoms with E-state index in [1.807, 2.05) is 18.2 Å². The summed E-state index contributed by atoms with van der Waals surface area (Å²) < 4.78 is 39.5. The van der Waals surface area contributed by atoms with Crippen LogP contribution in [0.1, 0.15) is 11.1 Å². The van der Waals surface area contributed by atoms with E-state index in [0.29, 0.717) is 13.1 Å². The molecule has 8 heteroatoms. The average molecular weight is 310 g/mol. The molecule has 0 aliphatic carbocycles. The number of hydrogen-bond acceptors (Lipinski definition) is 4. The van der Waals surface area contributed by atoms with Gasteiger partial charge in [-0.05, 0) is 17.2 Å². The van der Waals surface area contributed by atoms with Gasteiger partial charge in [-0.2, -0.15) is 18.3 Å². The lowest BCUT2D eigenvalue weighted by Crippen LogP contribution is -2.38. The van der Waals surface area contributed by atoms with Crippen LogP contribution in [0.2, 0.25) is 0 Å².